The number of halogens is 1. The number of amides is 2. The molecule has 1 unspecified atom stereocenters. The zero-order valence-electron chi connectivity index (χ0n) is 15.8. The van der Waals surface area contributed by atoms with Gasteiger partial charge in [-0.3, -0.25) is 4.79 Å². The van der Waals surface area contributed by atoms with Crippen LogP contribution in [0.2, 0.25) is 0 Å². The molecule has 0 aliphatic rings. The van der Waals surface area contributed by atoms with Gasteiger partial charge in [0.25, 0.3) is 0 Å². The molecule has 0 saturated heterocycles. The van der Waals surface area contributed by atoms with Gasteiger partial charge in [-0.2, -0.15) is 0 Å². The topological polar surface area (TPSA) is 58.6 Å². The summed E-state index contributed by atoms with van der Waals surface area (Å²) in [6.45, 7) is 4.40. The van der Waals surface area contributed by atoms with Crippen LogP contribution in [0.15, 0.2) is 59.1 Å². The van der Waals surface area contributed by atoms with Gasteiger partial charge in [0.1, 0.15) is 12.6 Å². The first-order chi connectivity index (χ1) is 12.9. The van der Waals surface area contributed by atoms with Crippen molar-refractivity contribution in [1.82, 2.24) is 10.2 Å². The fourth-order valence-corrected chi connectivity index (χ4v) is 3.01. The largest absolute Gasteiger partial charge is 0.445 e. The van der Waals surface area contributed by atoms with E-state index in [4.69, 9.17) is 4.74 Å². The van der Waals surface area contributed by atoms with Gasteiger partial charge in [0, 0.05) is 18.1 Å². The van der Waals surface area contributed by atoms with Crippen molar-refractivity contribution < 1.29 is 14.3 Å². The second kappa shape index (κ2) is 10.1. The van der Waals surface area contributed by atoms with Crippen molar-refractivity contribution in [1.29, 1.82) is 0 Å². The van der Waals surface area contributed by atoms with Crippen LogP contribution in [0.5, 0.6) is 0 Å². The van der Waals surface area contributed by atoms with E-state index in [-0.39, 0.29) is 18.4 Å². The number of nitrogens with one attached hydrogen (secondary N) is 1. The van der Waals surface area contributed by atoms with E-state index in [1.807, 2.05) is 68.4 Å². The minimum atomic E-state index is -0.652. The van der Waals surface area contributed by atoms with Gasteiger partial charge < -0.3 is 15.0 Å². The Bertz CT molecular complexity index is 765. The summed E-state index contributed by atoms with van der Waals surface area (Å²) in [5.74, 6) is -0.221. The van der Waals surface area contributed by atoms with Crippen LogP contribution < -0.4 is 5.32 Å². The highest BCUT2D eigenvalue weighted by Gasteiger charge is 2.27. The molecule has 0 aromatic heterocycles. The highest BCUT2D eigenvalue weighted by Crippen LogP contribution is 2.18. The Kier molecular flexibility index (Phi) is 7.85. The van der Waals surface area contributed by atoms with Crippen molar-refractivity contribution >= 4 is 27.9 Å². The number of carbonyl (C=O) groups is 2. The number of ether oxygens (including phenoxy) is 1. The van der Waals surface area contributed by atoms with Crippen molar-refractivity contribution in [2.75, 3.05) is 7.05 Å². The van der Waals surface area contributed by atoms with Gasteiger partial charge >= 0.3 is 6.09 Å². The third-order valence-electron chi connectivity index (χ3n) is 4.16. The second-order valence-corrected chi connectivity index (χ2v) is 7.57. The minimum absolute atomic E-state index is 0.0663. The summed E-state index contributed by atoms with van der Waals surface area (Å²) in [7, 11) is 1.73. The third-order valence-corrected chi connectivity index (χ3v) is 4.93. The van der Waals surface area contributed by atoms with E-state index < -0.39 is 12.1 Å². The zero-order valence-corrected chi connectivity index (χ0v) is 17.4. The Hall–Kier alpha value is -2.34. The molecule has 5 nitrogen and oxygen atoms in total. The Morgan fingerprint density at radius 2 is 1.70 bits per heavy atom. The van der Waals surface area contributed by atoms with E-state index in [2.05, 4.69) is 21.2 Å². The highest BCUT2D eigenvalue weighted by atomic mass is 79.9. The first kappa shape index (κ1) is 21.0. The summed E-state index contributed by atoms with van der Waals surface area (Å²) in [6.07, 6.45) is -0.597. The van der Waals surface area contributed by atoms with Crippen LogP contribution in [0, 0.1) is 5.92 Å². The molecule has 27 heavy (non-hydrogen) atoms. The standard InChI is InChI=1S/C21H25BrN2O3/c1-15(2)19(23-21(26)27-14-16-9-5-4-6-10-16)20(25)24(3)13-17-11-7-8-12-18(17)22/h4-12,15,19H,13-14H2,1-3H3,(H,23,26). The number of rotatable bonds is 7. The van der Waals surface area contributed by atoms with Crippen LogP contribution in [-0.2, 0) is 22.7 Å². The van der Waals surface area contributed by atoms with Crippen molar-refractivity contribution in [3.8, 4) is 0 Å². The molecular weight excluding hydrogens is 408 g/mol. The maximum absolute atomic E-state index is 12.9. The monoisotopic (exact) mass is 432 g/mol. The van der Waals surface area contributed by atoms with Gasteiger partial charge in [-0.05, 0) is 23.1 Å². The molecule has 0 heterocycles. The first-order valence-corrected chi connectivity index (χ1v) is 9.63. The van der Waals surface area contributed by atoms with Gasteiger partial charge in [-0.1, -0.05) is 78.3 Å². The SMILES string of the molecule is CC(C)C(NC(=O)OCc1ccccc1)C(=O)N(C)Cc1ccccc1Br. The molecule has 0 saturated carbocycles. The van der Waals surface area contributed by atoms with E-state index in [0.29, 0.717) is 6.54 Å². The van der Waals surface area contributed by atoms with E-state index in [1.54, 1.807) is 11.9 Å². The summed E-state index contributed by atoms with van der Waals surface area (Å²) in [6, 6.07) is 16.5. The lowest BCUT2D eigenvalue weighted by molar-refractivity contribution is -0.133. The van der Waals surface area contributed by atoms with E-state index in [9.17, 15) is 9.59 Å². The number of carbonyl (C=O) groups excluding carboxylic acids is 2. The van der Waals surface area contributed by atoms with Gasteiger partial charge in [0.2, 0.25) is 5.91 Å². The number of nitrogens with zero attached hydrogens (tertiary/aromatic N) is 1. The van der Waals surface area contributed by atoms with Gasteiger partial charge in [0.05, 0.1) is 0 Å². The van der Waals surface area contributed by atoms with Crippen LogP contribution in [-0.4, -0.2) is 30.0 Å². The fraction of sp³-hybridized carbons (Fsp3) is 0.333. The van der Waals surface area contributed by atoms with Gasteiger partial charge in [0.15, 0.2) is 0 Å². The van der Waals surface area contributed by atoms with Crippen molar-refractivity contribution in [3.05, 3.63) is 70.2 Å². The molecule has 2 amide bonds. The molecule has 0 spiro atoms. The maximum Gasteiger partial charge on any atom is 0.408 e. The predicted octanol–water partition coefficient (Wildman–Crippen LogP) is 4.36. The smallest absolute Gasteiger partial charge is 0.408 e. The molecule has 6 heteroatoms. The lowest BCUT2D eigenvalue weighted by atomic mass is 10.0. The molecule has 0 aliphatic carbocycles. The molecule has 2 rings (SSSR count). The Morgan fingerprint density at radius 3 is 2.33 bits per heavy atom. The van der Waals surface area contributed by atoms with E-state index in [1.165, 1.54) is 0 Å². The van der Waals surface area contributed by atoms with Crippen LogP contribution in [0.1, 0.15) is 25.0 Å². The molecule has 2 aromatic rings. The molecule has 0 radical (unpaired) electrons. The molecule has 144 valence electrons. The van der Waals surface area contributed by atoms with Crippen molar-refractivity contribution in [3.63, 3.8) is 0 Å². The molecule has 0 fully saturated rings. The van der Waals surface area contributed by atoms with E-state index in [0.717, 1.165) is 15.6 Å². The molecule has 0 aliphatic heterocycles. The Labute approximate surface area is 168 Å². The quantitative estimate of drug-likeness (QED) is 0.706. The normalized spacial score (nSPS) is 11.7. The zero-order chi connectivity index (χ0) is 19.8. The van der Waals surface area contributed by atoms with Crippen molar-refractivity contribution in [2.45, 2.75) is 33.0 Å². The lowest BCUT2D eigenvalue weighted by Crippen LogP contribution is -2.50. The number of benzene rings is 2. The average Bonchev–Trinajstić information content (AvgIpc) is 2.66. The molecular formula is C21H25BrN2O3. The Morgan fingerprint density at radius 1 is 1.07 bits per heavy atom. The summed E-state index contributed by atoms with van der Waals surface area (Å²) >= 11 is 3.50. The van der Waals surface area contributed by atoms with Crippen LogP contribution in [0.3, 0.4) is 0 Å². The van der Waals surface area contributed by atoms with Crippen LogP contribution in [0.25, 0.3) is 0 Å². The number of hydrogen-bond acceptors (Lipinski definition) is 3. The first-order valence-electron chi connectivity index (χ1n) is 8.84. The Balaban J connectivity index is 1.95. The molecule has 1 atom stereocenters. The summed E-state index contributed by atoms with van der Waals surface area (Å²) in [4.78, 5) is 26.6. The summed E-state index contributed by atoms with van der Waals surface area (Å²) in [5.41, 5.74) is 1.90. The lowest BCUT2D eigenvalue weighted by Gasteiger charge is -2.27. The minimum Gasteiger partial charge on any atom is -0.445 e. The van der Waals surface area contributed by atoms with E-state index >= 15 is 0 Å². The third kappa shape index (κ3) is 6.40. The van der Waals surface area contributed by atoms with Gasteiger partial charge in [-0.25, -0.2) is 4.79 Å². The predicted molar refractivity (Wildman–Crippen MR) is 109 cm³/mol. The van der Waals surface area contributed by atoms with Gasteiger partial charge in [-0.15, -0.1) is 0 Å². The van der Waals surface area contributed by atoms with Crippen LogP contribution in [0.4, 0.5) is 4.79 Å². The van der Waals surface area contributed by atoms with Crippen molar-refractivity contribution in [2.24, 2.45) is 5.92 Å². The molecule has 1 N–H and O–H groups in total. The number of likely N-dealkylation sites (N-methyl/N-ethyl adjacent to an activating group) is 1. The highest BCUT2D eigenvalue weighted by molar-refractivity contribution is 9.10. The van der Waals surface area contributed by atoms with Crippen LogP contribution >= 0.6 is 15.9 Å². The summed E-state index contributed by atoms with van der Waals surface area (Å²) in [5, 5.41) is 2.70. The average molecular weight is 433 g/mol. The second-order valence-electron chi connectivity index (χ2n) is 6.71. The molecule has 2 aromatic carbocycles. The molecule has 0 bridgehead atoms. The maximum atomic E-state index is 12.9. The fourth-order valence-electron chi connectivity index (χ4n) is 2.60. The number of alkyl carbamates (subject to hydrolysis) is 1. The summed E-state index contributed by atoms with van der Waals surface area (Å²) < 4.78 is 6.19. The number of hydrogen-bond donors (Lipinski definition) is 1.